The molecule has 0 radical (unpaired) electrons. The van der Waals surface area contributed by atoms with Crippen LogP contribution in [0.3, 0.4) is 0 Å². The highest BCUT2D eigenvalue weighted by Gasteiger charge is 2.02. The van der Waals surface area contributed by atoms with Gasteiger partial charge in [0.15, 0.2) is 5.75 Å². The zero-order valence-corrected chi connectivity index (χ0v) is 9.24. The molecular formula is C8H12O3Si. The van der Waals surface area contributed by atoms with Gasteiger partial charge in [0.1, 0.15) is 0 Å². The first-order valence-electron chi connectivity index (χ1n) is 3.81. The molecule has 0 amide bonds. The van der Waals surface area contributed by atoms with E-state index in [0.717, 1.165) is 5.75 Å². The number of rotatable bonds is 4. The fourth-order valence-corrected chi connectivity index (χ4v) is 1.06. The van der Waals surface area contributed by atoms with Gasteiger partial charge in [0.25, 0.3) is 0 Å². The fraction of sp³-hybridized carbons (Fsp3) is 0.250. The van der Waals surface area contributed by atoms with Gasteiger partial charge in [-0.2, -0.15) is 0 Å². The van der Waals surface area contributed by atoms with Crippen LogP contribution < -0.4 is 9.62 Å². The first-order chi connectivity index (χ1) is 5.88. The highest BCUT2D eigenvalue weighted by molar-refractivity contribution is 5.97. The van der Waals surface area contributed by atoms with E-state index in [4.69, 9.17) is 9.62 Å². The van der Waals surface area contributed by atoms with Crippen LogP contribution >= 0.6 is 0 Å². The molecule has 0 atom stereocenters. The van der Waals surface area contributed by atoms with Gasteiger partial charge in [-0.05, 0) is 19.1 Å². The average molecular weight is 184 g/mol. The van der Waals surface area contributed by atoms with Gasteiger partial charge in [0, 0.05) is 0 Å². The first-order valence-corrected chi connectivity index (χ1v) is 4.62. The van der Waals surface area contributed by atoms with Crippen LogP contribution in [0.4, 0.5) is 0 Å². The molecule has 0 bridgehead atoms. The second-order valence-corrected chi connectivity index (χ2v) is 2.46. The number of ether oxygens (including phenoxy) is 1. The smallest absolute Gasteiger partial charge is 0.209 e. The van der Waals surface area contributed by atoms with Crippen molar-refractivity contribution in [2.24, 2.45) is 0 Å². The first kappa shape index (κ1) is 9.09. The van der Waals surface area contributed by atoms with Gasteiger partial charge in [-0.25, -0.2) is 0 Å². The maximum Gasteiger partial charge on any atom is 0.209 e. The van der Waals surface area contributed by atoms with Crippen molar-refractivity contribution < 1.29 is 14.2 Å². The predicted molar refractivity (Wildman–Crippen MR) is 49.3 cm³/mol. The Morgan fingerprint density at radius 3 is 2.50 bits per heavy atom. The lowest BCUT2D eigenvalue weighted by Crippen LogP contribution is -1.97. The summed E-state index contributed by atoms with van der Waals surface area (Å²) in [5.74, 6) is 1.35. The minimum absolute atomic E-state index is 0.548. The van der Waals surface area contributed by atoms with Crippen molar-refractivity contribution in [3.63, 3.8) is 0 Å². The lowest BCUT2D eigenvalue weighted by Gasteiger charge is -2.08. The number of hydrogen-bond acceptors (Lipinski definition) is 3. The zero-order valence-electron chi connectivity index (χ0n) is 7.24. The monoisotopic (exact) mass is 184 g/mol. The summed E-state index contributed by atoms with van der Waals surface area (Å²) in [5.41, 5.74) is 0. The third kappa shape index (κ3) is 2.25. The van der Waals surface area contributed by atoms with E-state index < -0.39 is 0 Å². The minimum atomic E-state index is 0.548. The topological polar surface area (TPSA) is 27.7 Å². The van der Waals surface area contributed by atoms with Crippen molar-refractivity contribution >= 4 is 10.5 Å². The van der Waals surface area contributed by atoms with Gasteiger partial charge in [0.05, 0.1) is 6.61 Å². The zero-order chi connectivity index (χ0) is 8.81. The molecule has 1 rings (SSSR count). The molecule has 66 valence electrons. The van der Waals surface area contributed by atoms with Gasteiger partial charge < -0.3 is 9.62 Å². The molecule has 0 heterocycles. The summed E-state index contributed by atoms with van der Waals surface area (Å²) in [6, 6.07) is 7.42. The molecule has 4 heteroatoms. The van der Waals surface area contributed by atoms with E-state index in [-0.39, 0.29) is 0 Å². The van der Waals surface area contributed by atoms with Crippen LogP contribution in [0.2, 0.25) is 0 Å². The van der Waals surface area contributed by atoms with E-state index in [1.54, 1.807) is 0 Å². The molecule has 1 aromatic carbocycles. The van der Waals surface area contributed by atoms with Gasteiger partial charge >= 0.3 is 0 Å². The van der Waals surface area contributed by atoms with E-state index in [1.165, 1.54) is 0 Å². The molecule has 0 saturated heterocycles. The Kier molecular flexibility index (Phi) is 3.63. The third-order valence-corrected chi connectivity index (χ3v) is 1.49. The van der Waals surface area contributed by atoms with E-state index in [1.807, 2.05) is 31.2 Å². The summed E-state index contributed by atoms with van der Waals surface area (Å²) in [7, 11) is 0.548. The Bertz CT molecular complexity index is 214. The summed E-state index contributed by atoms with van der Waals surface area (Å²) < 4.78 is 9.97. The summed E-state index contributed by atoms with van der Waals surface area (Å²) in [4.78, 5) is 4.93. The Morgan fingerprint density at radius 1 is 1.25 bits per heavy atom. The van der Waals surface area contributed by atoms with Crippen molar-refractivity contribution in [3.05, 3.63) is 24.3 Å². The number of hydrogen-bond donors (Lipinski definition) is 0. The summed E-state index contributed by atoms with van der Waals surface area (Å²) in [5, 5.41) is 0. The largest absolute Gasteiger partial charge is 0.490 e. The Balaban J connectivity index is 2.77. The second-order valence-electron chi connectivity index (χ2n) is 2.13. The molecule has 0 saturated carbocycles. The molecule has 0 aliphatic heterocycles. The van der Waals surface area contributed by atoms with Gasteiger partial charge in [0.2, 0.25) is 16.2 Å². The molecule has 0 fully saturated rings. The van der Waals surface area contributed by atoms with E-state index in [0.29, 0.717) is 22.8 Å². The Hall–Kier alpha value is -1.00. The maximum atomic E-state index is 5.30. The van der Waals surface area contributed by atoms with E-state index >= 15 is 0 Å². The van der Waals surface area contributed by atoms with Crippen molar-refractivity contribution in [2.75, 3.05) is 6.61 Å². The Morgan fingerprint density at radius 2 is 1.92 bits per heavy atom. The summed E-state index contributed by atoms with van der Waals surface area (Å²) >= 11 is 0. The summed E-state index contributed by atoms with van der Waals surface area (Å²) in [6.07, 6.45) is 0. The number of para-hydroxylation sites is 2. The molecule has 0 spiro atoms. The van der Waals surface area contributed by atoms with Crippen LogP contribution in [0.15, 0.2) is 24.3 Å². The fourth-order valence-electron chi connectivity index (χ4n) is 0.884. The molecule has 12 heavy (non-hydrogen) atoms. The molecule has 1 aromatic rings. The van der Waals surface area contributed by atoms with E-state index in [9.17, 15) is 0 Å². The lowest BCUT2D eigenvalue weighted by atomic mass is 10.3. The minimum Gasteiger partial charge on any atom is -0.490 e. The van der Waals surface area contributed by atoms with Crippen LogP contribution in [-0.2, 0) is 4.58 Å². The molecule has 0 aromatic heterocycles. The van der Waals surface area contributed by atoms with E-state index in [2.05, 4.69) is 4.58 Å². The van der Waals surface area contributed by atoms with Crippen LogP contribution in [-0.4, -0.2) is 17.1 Å². The van der Waals surface area contributed by atoms with Crippen LogP contribution in [0.5, 0.6) is 11.5 Å². The van der Waals surface area contributed by atoms with Gasteiger partial charge in [-0.3, -0.25) is 4.58 Å². The standard InChI is InChI=1S/C8H12O3Si/c1-2-9-7-5-3-4-6-8(7)10-11-12/h3-6H,2H2,1,12H3. The van der Waals surface area contributed by atoms with Gasteiger partial charge in [-0.15, -0.1) is 0 Å². The van der Waals surface area contributed by atoms with Gasteiger partial charge in [-0.1, -0.05) is 12.1 Å². The predicted octanol–water partition coefficient (Wildman–Crippen LogP) is 0.676. The van der Waals surface area contributed by atoms with Crippen molar-refractivity contribution in [1.29, 1.82) is 0 Å². The second kappa shape index (κ2) is 4.79. The molecule has 0 aliphatic rings. The summed E-state index contributed by atoms with van der Waals surface area (Å²) in [6.45, 7) is 2.56. The van der Waals surface area contributed by atoms with Crippen molar-refractivity contribution in [1.82, 2.24) is 0 Å². The lowest BCUT2D eigenvalue weighted by molar-refractivity contribution is -0.0951. The molecule has 3 nitrogen and oxygen atoms in total. The molecule has 0 unspecified atom stereocenters. The van der Waals surface area contributed by atoms with Crippen LogP contribution in [0.25, 0.3) is 0 Å². The van der Waals surface area contributed by atoms with Crippen LogP contribution in [0.1, 0.15) is 6.92 Å². The molecule has 0 N–H and O–H groups in total. The quantitative estimate of drug-likeness (QED) is 0.391. The SMILES string of the molecule is CCOc1ccccc1OO[SiH3]. The highest BCUT2D eigenvalue weighted by atomic mass is 28.2. The van der Waals surface area contributed by atoms with Crippen molar-refractivity contribution in [3.8, 4) is 11.5 Å². The number of benzene rings is 1. The Labute approximate surface area is 74.7 Å². The van der Waals surface area contributed by atoms with Crippen LogP contribution in [0, 0.1) is 0 Å². The molecular weight excluding hydrogens is 172 g/mol. The normalized spacial score (nSPS) is 9.75. The average Bonchev–Trinajstić information content (AvgIpc) is 2.09. The third-order valence-electron chi connectivity index (χ3n) is 1.32. The molecule has 0 aliphatic carbocycles. The van der Waals surface area contributed by atoms with Crippen molar-refractivity contribution in [2.45, 2.75) is 6.92 Å². The maximum absolute atomic E-state index is 5.30. The highest BCUT2D eigenvalue weighted by Crippen LogP contribution is 2.25.